The smallest absolute Gasteiger partial charge is 1.00 e. The van der Waals surface area contributed by atoms with E-state index in [1.165, 1.54) is 42.5 Å². The Kier molecular flexibility index (Phi) is 6.17. The van der Waals surface area contributed by atoms with Crippen molar-refractivity contribution in [2.24, 2.45) is 10.2 Å². The summed E-state index contributed by atoms with van der Waals surface area (Å²) in [5.74, 6) is -1.64. The second-order valence-corrected chi connectivity index (χ2v) is 3.98. The maximum atomic E-state index is 10.9. The Bertz CT molecular complexity index is 737. The summed E-state index contributed by atoms with van der Waals surface area (Å²) in [7, 11) is 0. The van der Waals surface area contributed by atoms with Crippen LogP contribution in [-0.4, -0.2) is 21.1 Å². The molecule has 0 aliphatic heterocycles. The normalized spacial score (nSPS) is 10.2. The molecule has 0 fully saturated rings. The zero-order valence-corrected chi connectivity index (χ0v) is 13.5. The van der Waals surface area contributed by atoms with Gasteiger partial charge < -0.3 is 11.6 Å². The number of aromatic hydroxyl groups is 1. The third kappa shape index (κ3) is 4.35. The molecule has 22 heavy (non-hydrogen) atoms. The number of nitrogens with zero attached hydrogens (tertiary/aromatic N) is 3. The molecule has 0 atom stereocenters. The van der Waals surface area contributed by atoms with E-state index in [-0.39, 0.29) is 53.7 Å². The van der Waals surface area contributed by atoms with Gasteiger partial charge in [0.15, 0.2) is 0 Å². The predicted molar refractivity (Wildman–Crippen MR) is 73.5 cm³/mol. The molecular weight excluding hydrogens is 301 g/mol. The van der Waals surface area contributed by atoms with Crippen molar-refractivity contribution in [3.8, 4) is 5.75 Å². The van der Waals surface area contributed by atoms with Crippen LogP contribution in [0.3, 0.4) is 0 Å². The van der Waals surface area contributed by atoms with Crippen LogP contribution in [-0.2, 0) is 0 Å². The summed E-state index contributed by atoms with van der Waals surface area (Å²) in [5, 5.41) is 36.4. The summed E-state index contributed by atoms with van der Waals surface area (Å²) < 4.78 is 0. The van der Waals surface area contributed by atoms with Crippen LogP contribution in [0.15, 0.2) is 52.7 Å². The quantitative estimate of drug-likeness (QED) is 0.369. The van der Waals surface area contributed by atoms with Crippen LogP contribution in [0.1, 0.15) is 11.8 Å². The van der Waals surface area contributed by atoms with Crippen molar-refractivity contribution < 1.29 is 50.9 Å². The molecule has 108 valence electrons. The van der Waals surface area contributed by atoms with E-state index in [2.05, 4.69) is 10.2 Å². The van der Waals surface area contributed by atoms with E-state index in [1.54, 1.807) is 0 Å². The molecule has 8 nitrogen and oxygen atoms in total. The van der Waals surface area contributed by atoms with Gasteiger partial charge in [0.25, 0.3) is 5.69 Å². The monoisotopic (exact) mass is 311 g/mol. The maximum Gasteiger partial charge on any atom is 1.00 e. The van der Waals surface area contributed by atoms with Gasteiger partial charge in [-0.05, 0) is 30.3 Å². The first kappa shape index (κ1) is 17.8. The number of nitro groups is 1. The number of carbonyl (C=O) groups is 1. The SMILES string of the molecule is O=C(O)c1cc(N=Nc2ccc([N+](=O)[O-])cc2)ccc1O.[H-].[Na+]. The largest absolute Gasteiger partial charge is 1.00 e. The molecule has 0 amide bonds. The summed E-state index contributed by atoms with van der Waals surface area (Å²) in [6.45, 7) is 0. The van der Waals surface area contributed by atoms with Crippen LogP contribution in [0, 0.1) is 10.1 Å². The third-order valence-electron chi connectivity index (χ3n) is 2.55. The van der Waals surface area contributed by atoms with E-state index in [0.717, 1.165) is 0 Å². The van der Waals surface area contributed by atoms with Crippen molar-refractivity contribution >= 4 is 23.0 Å². The van der Waals surface area contributed by atoms with Crippen LogP contribution in [0.2, 0.25) is 0 Å². The number of hydrogen-bond donors (Lipinski definition) is 2. The minimum absolute atomic E-state index is 0. The Hall–Kier alpha value is -2.29. The average Bonchev–Trinajstić information content (AvgIpc) is 2.46. The van der Waals surface area contributed by atoms with Crippen molar-refractivity contribution in [2.45, 2.75) is 0 Å². The number of non-ortho nitro benzene ring substituents is 1. The Morgan fingerprint density at radius 2 is 1.64 bits per heavy atom. The molecule has 2 N–H and O–H groups in total. The van der Waals surface area contributed by atoms with Gasteiger partial charge in [0, 0.05) is 12.1 Å². The number of nitro benzene ring substituents is 1. The summed E-state index contributed by atoms with van der Waals surface area (Å²) in [5.41, 5.74) is 0.274. The maximum absolute atomic E-state index is 10.9. The van der Waals surface area contributed by atoms with E-state index >= 15 is 0 Å². The molecule has 0 aliphatic rings. The van der Waals surface area contributed by atoms with E-state index in [9.17, 15) is 20.0 Å². The van der Waals surface area contributed by atoms with E-state index in [0.29, 0.717) is 5.69 Å². The number of carboxylic acid groups (broad SMARTS) is 1. The molecule has 0 aliphatic carbocycles. The van der Waals surface area contributed by atoms with Gasteiger partial charge in [-0.15, -0.1) is 0 Å². The summed E-state index contributed by atoms with van der Waals surface area (Å²) in [6.07, 6.45) is 0. The van der Waals surface area contributed by atoms with Crippen molar-refractivity contribution in [3.63, 3.8) is 0 Å². The van der Waals surface area contributed by atoms with Gasteiger partial charge >= 0.3 is 35.5 Å². The molecule has 0 unspecified atom stereocenters. The number of hydrogen-bond acceptors (Lipinski definition) is 6. The summed E-state index contributed by atoms with van der Waals surface area (Å²) in [4.78, 5) is 20.8. The molecule has 0 spiro atoms. The second-order valence-electron chi connectivity index (χ2n) is 3.98. The van der Waals surface area contributed by atoms with Gasteiger partial charge in [0.05, 0.1) is 16.3 Å². The molecule has 0 saturated carbocycles. The Morgan fingerprint density at radius 3 is 2.18 bits per heavy atom. The first-order valence-corrected chi connectivity index (χ1v) is 5.70. The molecular formula is C13H10N3NaO5. The first-order chi connectivity index (χ1) is 9.97. The fourth-order valence-electron chi connectivity index (χ4n) is 1.51. The standard InChI is InChI=1S/C13H9N3O5.Na.H/c17-12-6-3-9(7-11(12)13(18)19)15-14-8-1-4-10(5-2-8)16(20)21;;/h1-7,17H,(H,18,19);;/q;+1;-1. The molecule has 0 radical (unpaired) electrons. The minimum Gasteiger partial charge on any atom is -1.00 e. The topological polar surface area (TPSA) is 125 Å². The number of carboxylic acids is 1. The predicted octanol–water partition coefficient (Wildman–Crippen LogP) is 0.530. The molecule has 0 heterocycles. The molecule has 2 rings (SSSR count). The number of azo groups is 1. The van der Waals surface area contributed by atoms with E-state index in [4.69, 9.17) is 5.11 Å². The van der Waals surface area contributed by atoms with Crippen molar-refractivity contribution in [3.05, 3.63) is 58.1 Å². The first-order valence-electron chi connectivity index (χ1n) is 5.70. The Balaban J connectivity index is 0.00000242. The number of benzene rings is 2. The van der Waals surface area contributed by atoms with E-state index < -0.39 is 10.9 Å². The number of rotatable bonds is 4. The van der Waals surface area contributed by atoms with Crippen molar-refractivity contribution in [2.75, 3.05) is 0 Å². The molecule has 0 aromatic heterocycles. The number of phenols is 1. The molecule has 2 aromatic carbocycles. The average molecular weight is 311 g/mol. The minimum atomic E-state index is -1.28. The van der Waals surface area contributed by atoms with Gasteiger partial charge in [0.2, 0.25) is 0 Å². The van der Waals surface area contributed by atoms with Gasteiger partial charge in [-0.25, -0.2) is 4.79 Å². The number of aromatic carboxylic acids is 1. The summed E-state index contributed by atoms with van der Waals surface area (Å²) >= 11 is 0. The summed E-state index contributed by atoms with van der Waals surface area (Å²) in [6, 6.07) is 9.18. The Morgan fingerprint density at radius 1 is 1.09 bits per heavy atom. The van der Waals surface area contributed by atoms with Crippen molar-refractivity contribution in [1.82, 2.24) is 0 Å². The van der Waals surface area contributed by atoms with Crippen LogP contribution < -0.4 is 29.6 Å². The van der Waals surface area contributed by atoms with Crippen LogP contribution in [0.4, 0.5) is 17.1 Å². The fraction of sp³-hybridized carbons (Fsp3) is 0. The third-order valence-corrected chi connectivity index (χ3v) is 2.55. The molecule has 9 heteroatoms. The zero-order valence-electron chi connectivity index (χ0n) is 12.5. The van der Waals surface area contributed by atoms with Crippen LogP contribution in [0.25, 0.3) is 0 Å². The van der Waals surface area contributed by atoms with Gasteiger partial charge in [-0.3, -0.25) is 10.1 Å². The van der Waals surface area contributed by atoms with Crippen molar-refractivity contribution in [1.29, 1.82) is 0 Å². The Labute approximate surface area is 148 Å². The van der Waals surface area contributed by atoms with Crippen LogP contribution >= 0.6 is 0 Å². The molecule has 2 aromatic rings. The second kappa shape index (κ2) is 7.64. The molecule has 0 saturated heterocycles. The van der Waals surface area contributed by atoms with Gasteiger partial charge in [-0.2, -0.15) is 10.2 Å². The van der Waals surface area contributed by atoms with Gasteiger partial charge in [0.1, 0.15) is 11.3 Å². The van der Waals surface area contributed by atoms with Gasteiger partial charge in [-0.1, -0.05) is 0 Å². The fourth-order valence-corrected chi connectivity index (χ4v) is 1.51. The molecule has 0 bridgehead atoms. The van der Waals surface area contributed by atoms with E-state index in [1.807, 2.05) is 0 Å². The zero-order chi connectivity index (χ0) is 15.4. The van der Waals surface area contributed by atoms with Crippen LogP contribution in [0.5, 0.6) is 5.75 Å².